The first kappa shape index (κ1) is 50.1. The maximum atomic E-state index is 13.9. The Hall–Kier alpha value is -2.50. The molecule has 0 radical (unpaired) electrons. The van der Waals surface area contributed by atoms with Gasteiger partial charge in [-0.2, -0.15) is 0 Å². The van der Waals surface area contributed by atoms with Crippen molar-refractivity contribution < 1.29 is 52.7 Å². The molecule has 3 fully saturated rings. The highest BCUT2D eigenvalue weighted by atomic mass is 16.8. The van der Waals surface area contributed by atoms with Gasteiger partial charge in [-0.25, -0.2) is 9.59 Å². The minimum atomic E-state index is -1.24. The van der Waals surface area contributed by atoms with Crippen LogP contribution >= 0.6 is 0 Å². The lowest BCUT2D eigenvalue weighted by atomic mass is 9.42. The average Bonchev–Trinajstić information content (AvgIpc) is 3.65. The molecule has 0 aromatic heterocycles. The van der Waals surface area contributed by atoms with E-state index in [1.54, 1.807) is 0 Å². The van der Waals surface area contributed by atoms with E-state index >= 15 is 0 Å². The van der Waals surface area contributed by atoms with Gasteiger partial charge in [-0.05, 0) is 67.8 Å². The molecular weight excluding hydrogens is 765 g/mol. The van der Waals surface area contributed by atoms with Crippen molar-refractivity contribution in [1.82, 2.24) is 0 Å². The van der Waals surface area contributed by atoms with Crippen LogP contribution in [0.25, 0.3) is 0 Å². The van der Waals surface area contributed by atoms with Crippen molar-refractivity contribution in [2.45, 2.75) is 203 Å². The van der Waals surface area contributed by atoms with Gasteiger partial charge < -0.3 is 33.5 Å². The Kier molecular flexibility index (Phi) is 19.4. The summed E-state index contributed by atoms with van der Waals surface area (Å²) >= 11 is 0. The summed E-state index contributed by atoms with van der Waals surface area (Å²) in [4.78, 5) is 54.6. The van der Waals surface area contributed by atoms with E-state index in [9.17, 15) is 24.3 Å². The Morgan fingerprint density at radius 1 is 0.883 bits per heavy atom. The van der Waals surface area contributed by atoms with Crippen LogP contribution in [0.3, 0.4) is 0 Å². The second kappa shape index (κ2) is 23.3. The van der Waals surface area contributed by atoms with Gasteiger partial charge in [0.15, 0.2) is 18.2 Å². The van der Waals surface area contributed by atoms with Crippen LogP contribution in [0, 0.1) is 52.3 Å². The molecule has 11 nitrogen and oxygen atoms in total. The summed E-state index contributed by atoms with van der Waals surface area (Å²) in [6.45, 7) is 20.0. The normalized spacial score (nSPS) is 31.6. The van der Waals surface area contributed by atoms with Crippen LogP contribution in [0.15, 0.2) is 11.6 Å². The van der Waals surface area contributed by atoms with Gasteiger partial charge in [0.2, 0.25) is 6.10 Å². The van der Waals surface area contributed by atoms with E-state index in [1.807, 2.05) is 34.6 Å². The highest BCUT2D eigenvalue weighted by molar-refractivity contribution is 5.97. The lowest BCUT2D eigenvalue weighted by molar-refractivity contribution is -0.266. The van der Waals surface area contributed by atoms with Crippen molar-refractivity contribution in [3.8, 4) is 0 Å². The number of rotatable bonds is 24. The van der Waals surface area contributed by atoms with Crippen molar-refractivity contribution in [3.05, 3.63) is 11.6 Å². The number of ether oxygens (including phenoxy) is 6. The molecule has 0 amide bonds. The molecule has 10 atom stereocenters. The fraction of sp³-hybridized carbons (Fsp3) is 0.878. The standard InChI is InChI=1S/C49H82O11/c1-11-12-13-14-15-16-17-18-19-20-21-22-23-24-42-55-28-36(57-42)29-56-47(54)60-45-39(51)25-34(8)38-27-40-49(30-50,35(9)48(38,45)10)43(33(6)7)44(46(53)58-40)59-41(52)26-37(31(2)3)32(4)5/h25,31-33,35-38,40,42-45,50H,11-24,26-30H2,1-10H3/t35?,36?,38?,40-,42?,43?,44?,45-,48-,49+/m1/s1. The fourth-order valence-electron chi connectivity index (χ4n) is 11.5. The van der Waals surface area contributed by atoms with Crippen LogP contribution in [-0.4, -0.2) is 79.5 Å². The first-order chi connectivity index (χ1) is 28.5. The molecule has 4 rings (SSSR count). The predicted molar refractivity (Wildman–Crippen MR) is 231 cm³/mol. The van der Waals surface area contributed by atoms with Crippen LogP contribution < -0.4 is 0 Å². The van der Waals surface area contributed by atoms with Crippen LogP contribution in [-0.2, 0) is 42.8 Å². The molecule has 0 aromatic carbocycles. The van der Waals surface area contributed by atoms with Gasteiger partial charge in [-0.15, -0.1) is 0 Å². The number of aliphatic hydroxyl groups is 1. The maximum Gasteiger partial charge on any atom is 0.509 e. The monoisotopic (exact) mass is 847 g/mol. The molecular formula is C49H82O11. The molecule has 6 unspecified atom stereocenters. The highest BCUT2D eigenvalue weighted by Gasteiger charge is 2.71. The van der Waals surface area contributed by atoms with E-state index in [0.29, 0.717) is 13.0 Å². The summed E-state index contributed by atoms with van der Waals surface area (Å²) in [5.74, 6) is -2.65. The number of unbranched alkanes of at least 4 members (excludes halogenated alkanes) is 12. The first-order valence-electron chi connectivity index (χ1n) is 23.9. The molecule has 0 spiro atoms. The Bertz CT molecular complexity index is 1420. The predicted octanol–water partition coefficient (Wildman–Crippen LogP) is 10.3. The summed E-state index contributed by atoms with van der Waals surface area (Å²) < 4.78 is 35.7. The Morgan fingerprint density at radius 2 is 1.47 bits per heavy atom. The summed E-state index contributed by atoms with van der Waals surface area (Å²) in [5, 5.41) is 11.5. The number of hydrogen-bond acceptors (Lipinski definition) is 11. The molecule has 2 saturated heterocycles. The Morgan fingerprint density at radius 3 is 2.02 bits per heavy atom. The van der Waals surface area contributed by atoms with Crippen LogP contribution in [0.2, 0.25) is 0 Å². The zero-order chi connectivity index (χ0) is 44.2. The molecule has 2 heterocycles. The minimum absolute atomic E-state index is 0.0613. The Balaban J connectivity index is 1.34. The van der Waals surface area contributed by atoms with E-state index < -0.39 is 65.2 Å². The molecule has 0 bridgehead atoms. The van der Waals surface area contributed by atoms with Crippen LogP contribution in [0.1, 0.15) is 172 Å². The molecule has 2 aliphatic carbocycles. The lowest BCUT2D eigenvalue weighted by Crippen LogP contribution is -2.71. The topological polar surface area (TPSA) is 144 Å². The highest BCUT2D eigenvalue weighted by Crippen LogP contribution is 2.65. The van der Waals surface area contributed by atoms with Crippen molar-refractivity contribution in [2.24, 2.45) is 52.3 Å². The third-order valence-corrected chi connectivity index (χ3v) is 15.0. The summed E-state index contributed by atoms with van der Waals surface area (Å²) in [6, 6.07) is 0. The third-order valence-electron chi connectivity index (χ3n) is 15.0. The van der Waals surface area contributed by atoms with E-state index in [0.717, 1.165) is 24.8 Å². The fourth-order valence-corrected chi connectivity index (χ4v) is 11.5. The average molecular weight is 847 g/mol. The molecule has 60 heavy (non-hydrogen) atoms. The minimum Gasteiger partial charge on any atom is -0.459 e. The number of ketones is 1. The Labute approximate surface area is 362 Å². The molecule has 1 saturated carbocycles. The SMILES string of the molecule is CCCCCCCCCCCCCCCC1OCC(COC(=O)O[C@@H]2C(=O)C=C(C)C3C[C@H]4OC(=O)C(OC(=O)CC(C(C)C)C(C)C)C(C(C)C)[C@@]4(CO)C(C)[C@]32C)O1. The van der Waals surface area contributed by atoms with Crippen molar-refractivity contribution in [3.63, 3.8) is 0 Å². The van der Waals surface area contributed by atoms with Crippen molar-refractivity contribution >= 4 is 23.9 Å². The van der Waals surface area contributed by atoms with Gasteiger partial charge in [-0.1, -0.05) is 145 Å². The van der Waals surface area contributed by atoms with E-state index in [-0.39, 0.29) is 61.3 Å². The number of allylic oxidation sites excluding steroid dienone is 1. The van der Waals surface area contributed by atoms with Crippen LogP contribution in [0.5, 0.6) is 0 Å². The summed E-state index contributed by atoms with van der Waals surface area (Å²) in [6.07, 6.45) is 14.5. The zero-order valence-corrected chi connectivity index (χ0v) is 39.0. The lowest BCUT2D eigenvalue weighted by Gasteiger charge is -2.65. The number of carbonyl (C=O) groups excluding carboxylic acids is 4. The number of carbonyl (C=O) groups is 4. The summed E-state index contributed by atoms with van der Waals surface area (Å²) in [7, 11) is 0. The van der Waals surface area contributed by atoms with Gasteiger partial charge in [0, 0.05) is 23.2 Å². The summed E-state index contributed by atoms with van der Waals surface area (Å²) in [5.41, 5.74) is -1.35. The third kappa shape index (κ3) is 11.9. The molecule has 2 aliphatic heterocycles. The number of esters is 2. The molecule has 11 heteroatoms. The smallest absolute Gasteiger partial charge is 0.459 e. The zero-order valence-electron chi connectivity index (χ0n) is 39.0. The van der Waals surface area contributed by atoms with Gasteiger partial charge in [-0.3, -0.25) is 9.59 Å². The quantitative estimate of drug-likeness (QED) is 0.0563. The van der Waals surface area contributed by atoms with Crippen molar-refractivity contribution in [1.29, 1.82) is 0 Å². The van der Waals surface area contributed by atoms with E-state index in [4.69, 9.17) is 28.4 Å². The molecule has 0 aromatic rings. The number of fused-ring (bicyclic) bond motifs is 2. The van der Waals surface area contributed by atoms with Crippen molar-refractivity contribution in [2.75, 3.05) is 19.8 Å². The number of hydrogen-bond donors (Lipinski definition) is 1. The van der Waals surface area contributed by atoms with E-state index in [1.165, 1.54) is 76.7 Å². The first-order valence-corrected chi connectivity index (χ1v) is 23.9. The second-order valence-electron chi connectivity index (χ2n) is 20.0. The molecule has 344 valence electrons. The van der Waals surface area contributed by atoms with Gasteiger partial charge in [0.25, 0.3) is 0 Å². The molecule has 1 N–H and O–H groups in total. The van der Waals surface area contributed by atoms with E-state index in [2.05, 4.69) is 34.6 Å². The second-order valence-corrected chi connectivity index (χ2v) is 20.0. The number of aliphatic hydroxyl groups excluding tert-OH is 1. The molecule has 4 aliphatic rings. The maximum absolute atomic E-state index is 13.9. The van der Waals surface area contributed by atoms with Crippen LogP contribution in [0.4, 0.5) is 4.79 Å². The van der Waals surface area contributed by atoms with Gasteiger partial charge in [0.05, 0.1) is 13.2 Å². The van der Waals surface area contributed by atoms with Gasteiger partial charge >= 0.3 is 18.1 Å². The van der Waals surface area contributed by atoms with Gasteiger partial charge in [0.1, 0.15) is 18.8 Å². The largest absolute Gasteiger partial charge is 0.509 e.